The van der Waals surface area contributed by atoms with Crippen LogP contribution in [0.1, 0.15) is 16.5 Å². The molecular formula is C18H16F3NO3S. The summed E-state index contributed by atoms with van der Waals surface area (Å²) in [7, 11) is 3.03. The van der Waals surface area contributed by atoms with Gasteiger partial charge in [0, 0.05) is 11.1 Å². The van der Waals surface area contributed by atoms with E-state index in [2.05, 4.69) is 0 Å². The third kappa shape index (κ3) is 3.33. The minimum atomic E-state index is -1.54. The second-order valence-electron chi connectivity index (χ2n) is 5.63. The molecule has 0 N–H and O–H groups in total. The third-order valence-electron chi connectivity index (χ3n) is 4.13. The number of rotatable bonds is 5. The van der Waals surface area contributed by atoms with Crippen LogP contribution in [-0.4, -0.2) is 30.8 Å². The molecule has 1 heterocycles. The molecule has 0 bridgehead atoms. The average molecular weight is 383 g/mol. The van der Waals surface area contributed by atoms with Crippen LogP contribution in [-0.2, 0) is 11.3 Å². The molecule has 3 rings (SSSR count). The summed E-state index contributed by atoms with van der Waals surface area (Å²) in [5.74, 6) is -3.00. The molecule has 0 aliphatic carbocycles. The fourth-order valence-corrected chi connectivity index (χ4v) is 3.99. The van der Waals surface area contributed by atoms with Crippen LogP contribution in [0.5, 0.6) is 11.5 Å². The highest BCUT2D eigenvalue weighted by Crippen LogP contribution is 2.44. The Labute approximate surface area is 152 Å². The van der Waals surface area contributed by atoms with Gasteiger partial charge in [-0.3, -0.25) is 4.79 Å². The number of carbonyl (C=O) groups is 1. The fourth-order valence-electron chi connectivity index (χ4n) is 2.79. The van der Waals surface area contributed by atoms with Crippen molar-refractivity contribution in [2.75, 3.05) is 20.0 Å². The molecule has 2 aromatic rings. The van der Waals surface area contributed by atoms with Crippen molar-refractivity contribution in [2.24, 2.45) is 0 Å². The van der Waals surface area contributed by atoms with Gasteiger partial charge < -0.3 is 14.4 Å². The smallest absolute Gasteiger partial charge is 0.234 e. The van der Waals surface area contributed by atoms with Crippen LogP contribution in [0.25, 0.3) is 0 Å². The van der Waals surface area contributed by atoms with E-state index in [1.807, 2.05) is 0 Å². The Morgan fingerprint density at radius 2 is 1.88 bits per heavy atom. The lowest BCUT2D eigenvalue weighted by Gasteiger charge is -2.26. The van der Waals surface area contributed by atoms with Crippen molar-refractivity contribution in [3.05, 3.63) is 58.9 Å². The second kappa shape index (κ2) is 7.49. The number of ether oxygens (including phenoxy) is 2. The van der Waals surface area contributed by atoms with Crippen molar-refractivity contribution >= 4 is 17.7 Å². The highest BCUT2D eigenvalue weighted by molar-refractivity contribution is 8.00. The minimum Gasteiger partial charge on any atom is -0.497 e. The summed E-state index contributed by atoms with van der Waals surface area (Å²) in [6, 6.07) is 7.17. The Morgan fingerprint density at radius 3 is 2.58 bits per heavy atom. The maximum atomic E-state index is 14.0. The van der Waals surface area contributed by atoms with Gasteiger partial charge in [-0.05, 0) is 24.3 Å². The van der Waals surface area contributed by atoms with Crippen molar-refractivity contribution < 1.29 is 27.4 Å². The standard InChI is InChI=1S/C18H16F3NO3S/c1-24-11-4-6-14(25-2)12(7-11)18-22(15(23)9-26-18)8-10-3-5-13(19)17(21)16(10)20/h3-7,18H,8-9H2,1-2H3. The van der Waals surface area contributed by atoms with E-state index >= 15 is 0 Å². The van der Waals surface area contributed by atoms with Gasteiger partial charge >= 0.3 is 0 Å². The van der Waals surface area contributed by atoms with E-state index in [0.29, 0.717) is 17.1 Å². The Balaban J connectivity index is 1.97. The molecule has 26 heavy (non-hydrogen) atoms. The van der Waals surface area contributed by atoms with E-state index < -0.39 is 22.8 Å². The summed E-state index contributed by atoms with van der Waals surface area (Å²) >= 11 is 1.34. The van der Waals surface area contributed by atoms with E-state index in [9.17, 15) is 18.0 Å². The molecule has 0 spiro atoms. The van der Waals surface area contributed by atoms with Gasteiger partial charge in [0.15, 0.2) is 17.5 Å². The molecule has 1 saturated heterocycles. The lowest BCUT2D eigenvalue weighted by atomic mass is 10.1. The van der Waals surface area contributed by atoms with Crippen LogP contribution in [0.3, 0.4) is 0 Å². The molecule has 1 aliphatic rings. The number of benzene rings is 2. The van der Waals surface area contributed by atoms with Crippen molar-refractivity contribution in [1.82, 2.24) is 4.90 Å². The van der Waals surface area contributed by atoms with Gasteiger partial charge in [-0.25, -0.2) is 13.2 Å². The summed E-state index contributed by atoms with van der Waals surface area (Å²) < 4.78 is 51.3. The maximum Gasteiger partial charge on any atom is 0.234 e. The van der Waals surface area contributed by atoms with Gasteiger partial charge in [-0.15, -0.1) is 11.8 Å². The van der Waals surface area contributed by atoms with Crippen molar-refractivity contribution in [3.8, 4) is 11.5 Å². The molecule has 0 aromatic heterocycles. The van der Waals surface area contributed by atoms with E-state index in [-0.39, 0.29) is 23.8 Å². The molecule has 0 radical (unpaired) electrons. The van der Waals surface area contributed by atoms with Crippen LogP contribution in [0.2, 0.25) is 0 Å². The highest BCUT2D eigenvalue weighted by Gasteiger charge is 2.35. The van der Waals surface area contributed by atoms with E-state index in [0.717, 1.165) is 12.1 Å². The minimum absolute atomic E-state index is 0.0911. The molecule has 1 unspecified atom stereocenters. The normalized spacial score (nSPS) is 16.9. The quantitative estimate of drug-likeness (QED) is 0.735. The van der Waals surface area contributed by atoms with Gasteiger partial charge in [0.1, 0.15) is 16.9 Å². The zero-order chi connectivity index (χ0) is 18.8. The van der Waals surface area contributed by atoms with Gasteiger partial charge in [0.05, 0.1) is 26.5 Å². The summed E-state index contributed by atoms with van der Waals surface area (Å²) in [5, 5.41) is -0.458. The third-order valence-corrected chi connectivity index (χ3v) is 5.36. The monoisotopic (exact) mass is 383 g/mol. The van der Waals surface area contributed by atoms with Crippen LogP contribution in [0.4, 0.5) is 13.2 Å². The topological polar surface area (TPSA) is 38.8 Å². The fraction of sp³-hybridized carbons (Fsp3) is 0.278. The van der Waals surface area contributed by atoms with E-state index in [1.165, 1.54) is 30.9 Å². The molecule has 1 aliphatic heterocycles. The molecule has 138 valence electrons. The van der Waals surface area contributed by atoms with Crippen molar-refractivity contribution in [1.29, 1.82) is 0 Å². The van der Waals surface area contributed by atoms with E-state index in [4.69, 9.17) is 9.47 Å². The lowest BCUT2D eigenvalue weighted by Crippen LogP contribution is -2.28. The highest BCUT2D eigenvalue weighted by atomic mass is 32.2. The molecule has 1 fully saturated rings. The first-order valence-corrected chi connectivity index (χ1v) is 8.76. The largest absolute Gasteiger partial charge is 0.497 e. The number of hydrogen-bond donors (Lipinski definition) is 0. The summed E-state index contributed by atoms with van der Waals surface area (Å²) in [6.07, 6.45) is 0. The number of methoxy groups -OCH3 is 2. The van der Waals surface area contributed by atoms with Gasteiger partial charge in [-0.1, -0.05) is 6.07 Å². The van der Waals surface area contributed by atoms with Gasteiger partial charge in [-0.2, -0.15) is 0 Å². The maximum absolute atomic E-state index is 14.0. The van der Waals surface area contributed by atoms with Crippen LogP contribution in [0.15, 0.2) is 30.3 Å². The number of thioether (sulfide) groups is 1. The first kappa shape index (κ1) is 18.4. The summed E-state index contributed by atoms with van der Waals surface area (Å²) in [4.78, 5) is 13.7. The lowest BCUT2D eigenvalue weighted by molar-refractivity contribution is -0.128. The zero-order valence-corrected chi connectivity index (χ0v) is 14.9. The second-order valence-corrected chi connectivity index (χ2v) is 6.70. The first-order chi connectivity index (χ1) is 12.5. The Hall–Kier alpha value is -2.35. The SMILES string of the molecule is COc1ccc(OC)c(C2SCC(=O)N2Cc2ccc(F)c(F)c2F)c1. The Kier molecular flexibility index (Phi) is 5.31. The van der Waals surface area contributed by atoms with Crippen molar-refractivity contribution in [2.45, 2.75) is 11.9 Å². The molecular weight excluding hydrogens is 367 g/mol. The van der Waals surface area contributed by atoms with Crippen molar-refractivity contribution in [3.63, 3.8) is 0 Å². The first-order valence-electron chi connectivity index (χ1n) is 7.71. The van der Waals surface area contributed by atoms with Crippen LogP contribution < -0.4 is 9.47 Å². The zero-order valence-electron chi connectivity index (χ0n) is 14.1. The molecule has 8 heteroatoms. The average Bonchev–Trinajstić information content (AvgIpc) is 3.02. The molecule has 4 nitrogen and oxygen atoms in total. The summed E-state index contributed by atoms with van der Waals surface area (Å²) in [6.45, 7) is -0.181. The van der Waals surface area contributed by atoms with Crippen LogP contribution >= 0.6 is 11.8 Å². The molecule has 1 amide bonds. The number of halogens is 3. The number of hydrogen-bond acceptors (Lipinski definition) is 4. The molecule has 2 aromatic carbocycles. The van der Waals surface area contributed by atoms with Gasteiger partial charge in [0.25, 0.3) is 0 Å². The summed E-state index contributed by atoms with van der Waals surface area (Å²) in [5.41, 5.74) is 0.595. The number of carbonyl (C=O) groups excluding carboxylic acids is 1. The predicted molar refractivity (Wildman–Crippen MR) is 91.6 cm³/mol. The molecule has 1 atom stereocenters. The van der Waals surface area contributed by atoms with Crippen LogP contribution in [0, 0.1) is 17.5 Å². The van der Waals surface area contributed by atoms with Gasteiger partial charge in [0.2, 0.25) is 5.91 Å². The molecule has 0 saturated carbocycles. The number of nitrogens with zero attached hydrogens (tertiary/aromatic N) is 1. The predicted octanol–water partition coefficient (Wildman–Crippen LogP) is 3.90. The Morgan fingerprint density at radius 1 is 1.12 bits per heavy atom. The Bertz CT molecular complexity index is 847. The van der Waals surface area contributed by atoms with E-state index in [1.54, 1.807) is 18.2 Å². The number of amides is 1.